The number of ketones is 1. The van der Waals surface area contributed by atoms with Gasteiger partial charge in [0.05, 0.1) is 11.3 Å². The van der Waals surface area contributed by atoms with E-state index in [-0.39, 0.29) is 24.1 Å². The SMILES string of the molecule is CC(=O)c1cccc(NC(=O)CN2C(=O)[C@@H]3CCCN3C(=O)c3ccccc32)c1. The van der Waals surface area contributed by atoms with Gasteiger partial charge in [-0.05, 0) is 44.0 Å². The van der Waals surface area contributed by atoms with Gasteiger partial charge < -0.3 is 15.1 Å². The molecule has 2 aliphatic rings. The van der Waals surface area contributed by atoms with Crippen molar-refractivity contribution >= 4 is 34.9 Å². The zero-order chi connectivity index (χ0) is 20.5. The first kappa shape index (κ1) is 18.9. The third-order valence-corrected chi connectivity index (χ3v) is 5.34. The molecule has 3 amide bonds. The number of hydrogen-bond donors (Lipinski definition) is 1. The monoisotopic (exact) mass is 391 g/mol. The van der Waals surface area contributed by atoms with E-state index in [0.29, 0.717) is 35.5 Å². The second-order valence-electron chi connectivity index (χ2n) is 7.28. The van der Waals surface area contributed by atoms with E-state index < -0.39 is 11.9 Å². The van der Waals surface area contributed by atoms with Gasteiger partial charge in [-0.15, -0.1) is 0 Å². The van der Waals surface area contributed by atoms with Crippen LogP contribution in [0.2, 0.25) is 0 Å². The molecule has 0 aromatic heterocycles. The Morgan fingerprint density at radius 3 is 2.69 bits per heavy atom. The van der Waals surface area contributed by atoms with E-state index in [9.17, 15) is 19.2 Å². The summed E-state index contributed by atoms with van der Waals surface area (Å²) < 4.78 is 0. The maximum absolute atomic E-state index is 13.2. The number of carbonyl (C=O) groups is 4. The van der Waals surface area contributed by atoms with Gasteiger partial charge in [0.2, 0.25) is 11.8 Å². The fourth-order valence-electron chi connectivity index (χ4n) is 3.93. The molecule has 7 heteroatoms. The standard InChI is InChI=1S/C22H21N3O4/c1-14(26)15-6-4-7-16(12-15)23-20(27)13-25-18-9-3-2-8-17(18)21(28)24-11-5-10-19(24)22(25)29/h2-4,6-9,12,19H,5,10-11,13H2,1H3,(H,23,27)/t19-/m0/s1. The molecular weight excluding hydrogens is 370 g/mol. The van der Waals surface area contributed by atoms with Crippen LogP contribution in [0.5, 0.6) is 0 Å². The van der Waals surface area contributed by atoms with Crippen LogP contribution in [0.25, 0.3) is 0 Å². The molecule has 148 valence electrons. The van der Waals surface area contributed by atoms with Crippen molar-refractivity contribution in [3.05, 3.63) is 59.7 Å². The lowest BCUT2D eigenvalue weighted by atomic mass is 10.1. The maximum atomic E-state index is 13.2. The summed E-state index contributed by atoms with van der Waals surface area (Å²) in [5, 5.41) is 2.74. The summed E-state index contributed by atoms with van der Waals surface area (Å²) in [6.07, 6.45) is 1.36. The highest BCUT2D eigenvalue weighted by Crippen LogP contribution is 2.32. The number of nitrogens with one attached hydrogen (secondary N) is 1. The Hall–Kier alpha value is -3.48. The number of Topliss-reactive ketones (excluding diaryl/α,β-unsaturated/α-hetero) is 1. The molecule has 2 aliphatic heterocycles. The van der Waals surface area contributed by atoms with Crippen molar-refractivity contribution < 1.29 is 19.2 Å². The van der Waals surface area contributed by atoms with E-state index in [1.165, 1.54) is 11.8 Å². The molecule has 4 rings (SSSR count). The van der Waals surface area contributed by atoms with Crippen LogP contribution in [-0.4, -0.2) is 47.5 Å². The number of rotatable bonds is 4. The molecule has 1 atom stereocenters. The Morgan fingerprint density at radius 1 is 1.10 bits per heavy atom. The zero-order valence-corrected chi connectivity index (χ0v) is 16.1. The molecule has 1 fully saturated rings. The predicted octanol–water partition coefficient (Wildman–Crippen LogP) is 2.48. The fourth-order valence-corrected chi connectivity index (χ4v) is 3.93. The first-order chi connectivity index (χ1) is 14.0. The van der Waals surface area contributed by atoms with Gasteiger partial charge in [-0.25, -0.2) is 0 Å². The topological polar surface area (TPSA) is 86.8 Å². The Morgan fingerprint density at radius 2 is 1.90 bits per heavy atom. The van der Waals surface area contributed by atoms with Gasteiger partial charge in [-0.2, -0.15) is 0 Å². The zero-order valence-electron chi connectivity index (χ0n) is 16.1. The normalized spacial score (nSPS) is 18.2. The molecule has 1 N–H and O–H groups in total. The van der Waals surface area contributed by atoms with Gasteiger partial charge in [-0.3, -0.25) is 19.2 Å². The van der Waals surface area contributed by atoms with Crippen LogP contribution in [0, 0.1) is 0 Å². The molecule has 1 saturated heterocycles. The molecule has 0 aliphatic carbocycles. The highest BCUT2D eigenvalue weighted by Gasteiger charge is 2.42. The van der Waals surface area contributed by atoms with E-state index in [4.69, 9.17) is 0 Å². The van der Waals surface area contributed by atoms with Crippen LogP contribution in [0.1, 0.15) is 40.5 Å². The lowest BCUT2D eigenvalue weighted by Crippen LogP contribution is -2.47. The molecule has 7 nitrogen and oxygen atoms in total. The average Bonchev–Trinajstić information content (AvgIpc) is 3.18. The summed E-state index contributed by atoms with van der Waals surface area (Å²) in [7, 11) is 0. The van der Waals surface area contributed by atoms with Crippen molar-refractivity contribution in [2.45, 2.75) is 25.8 Å². The van der Waals surface area contributed by atoms with Gasteiger partial charge in [0.1, 0.15) is 12.6 Å². The predicted molar refractivity (Wildman–Crippen MR) is 108 cm³/mol. The molecule has 0 saturated carbocycles. The van der Waals surface area contributed by atoms with Crippen LogP contribution in [0.4, 0.5) is 11.4 Å². The van der Waals surface area contributed by atoms with E-state index >= 15 is 0 Å². The first-order valence-corrected chi connectivity index (χ1v) is 9.58. The van der Waals surface area contributed by atoms with Crippen molar-refractivity contribution in [1.29, 1.82) is 0 Å². The lowest BCUT2D eigenvalue weighted by molar-refractivity contribution is -0.124. The van der Waals surface area contributed by atoms with Crippen molar-refractivity contribution in [3.8, 4) is 0 Å². The van der Waals surface area contributed by atoms with Crippen LogP contribution in [0.3, 0.4) is 0 Å². The Labute approximate surface area is 168 Å². The quantitative estimate of drug-likeness (QED) is 0.812. The molecular formula is C22H21N3O4. The summed E-state index contributed by atoms with van der Waals surface area (Å²) in [5.74, 6) is -0.910. The molecule has 0 bridgehead atoms. The van der Waals surface area contributed by atoms with Crippen LogP contribution >= 0.6 is 0 Å². The highest BCUT2D eigenvalue weighted by atomic mass is 16.2. The van der Waals surface area contributed by atoms with Gasteiger partial charge in [0.25, 0.3) is 5.91 Å². The second-order valence-corrected chi connectivity index (χ2v) is 7.28. The molecule has 0 spiro atoms. The van der Waals surface area contributed by atoms with E-state index in [1.807, 2.05) is 0 Å². The first-order valence-electron chi connectivity index (χ1n) is 9.58. The Balaban J connectivity index is 1.61. The third kappa shape index (κ3) is 3.51. The van der Waals surface area contributed by atoms with Crippen LogP contribution in [0.15, 0.2) is 48.5 Å². The number of fused-ring (bicyclic) bond motifs is 2. The minimum atomic E-state index is -0.538. The van der Waals surface area contributed by atoms with Crippen molar-refractivity contribution in [1.82, 2.24) is 4.90 Å². The van der Waals surface area contributed by atoms with E-state index in [0.717, 1.165) is 6.42 Å². The number of amides is 3. The molecule has 2 aromatic carbocycles. The number of benzene rings is 2. The van der Waals surface area contributed by atoms with Crippen LogP contribution < -0.4 is 10.2 Å². The molecule has 29 heavy (non-hydrogen) atoms. The minimum absolute atomic E-state index is 0.0995. The summed E-state index contributed by atoms with van der Waals surface area (Å²) >= 11 is 0. The minimum Gasteiger partial charge on any atom is -0.327 e. The fraction of sp³-hybridized carbons (Fsp3) is 0.273. The second kappa shape index (κ2) is 7.50. The smallest absolute Gasteiger partial charge is 0.256 e. The van der Waals surface area contributed by atoms with Crippen LogP contribution in [-0.2, 0) is 9.59 Å². The van der Waals surface area contributed by atoms with E-state index in [1.54, 1.807) is 53.4 Å². The summed E-state index contributed by atoms with van der Waals surface area (Å²) in [4.78, 5) is 53.3. The Kier molecular flexibility index (Phi) is 4.88. The summed E-state index contributed by atoms with van der Waals surface area (Å²) in [5.41, 5.74) is 1.85. The largest absolute Gasteiger partial charge is 0.327 e. The van der Waals surface area contributed by atoms with E-state index in [2.05, 4.69) is 5.32 Å². The highest BCUT2D eigenvalue weighted by molar-refractivity contribution is 6.13. The van der Waals surface area contributed by atoms with Gasteiger partial charge >= 0.3 is 0 Å². The average molecular weight is 391 g/mol. The van der Waals surface area contributed by atoms with Crippen molar-refractivity contribution in [2.24, 2.45) is 0 Å². The molecule has 2 heterocycles. The summed E-state index contributed by atoms with van der Waals surface area (Å²) in [6.45, 7) is 1.79. The number of para-hydroxylation sites is 1. The number of carbonyl (C=O) groups excluding carboxylic acids is 4. The van der Waals surface area contributed by atoms with Crippen molar-refractivity contribution in [3.63, 3.8) is 0 Å². The van der Waals surface area contributed by atoms with Gasteiger partial charge in [0, 0.05) is 17.8 Å². The molecule has 2 aromatic rings. The number of nitrogens with zero attached hydrogens (tertiary/aromatic N) is 2. The molecule has 0 unspecified atom stereocenters. The van der Waals surface area contributed by atoms with Gasteiger partial charge in [0.15, 0.2) is 5.78 Å². The van der Waals surface area contributed by atoms with Crippen molar-refractivity contribution in [2.75, 3.05) is 23.3 Å². The summed E-state index contributed by atoms with van der Waals surface area (Å²) in [6, 6.07) is 13.0. The number of anilines is 2. The third-order valence-electron chi connectivity index (χ3n) is 5.34. The van der Waals surface area contributed by atoms with Gasteiger partial charge in [-0.1, -0.05) is 24.3 Å². The lowest BCUT2D eigenvalue weighted by Gasteiger charge is -2.25. The maximum Gasteiger partial charge on any atom is 0.256 e. The number of hydrogen-bond acceptors (Lipinski definition) is 4. The molecule has 0 radical (unpaired) electrons. The Bertz CT molecular complexity index is 1020.